The summed E-state index contributed by atoms with van der Waals surface area (Å²) in [5, 5.41) is 9.61. The Balaban J connectivity index is 2.50. The molecule has 0 radical (unpaired) electrons. The number of aliphatic hydroxyl groups is 1. The van der Waals surface area contributed by atoms with E-state index in [2.05, 4.69) is 23.1 Å². The molecule has 2 rings (SSSR count). The van der Waals surface area contributed by atoms with Gasteiger partial charge in [-0.2, -0.15) is 0 Å². The van der Waals surface area contributed by atoms with Gasteiger partial charge in [-0.15, -0.1) is 0 Å². The minimum absolute atomic E-state index is 0.174. The number of fused-ring (bicyclic) bond motifs is 1. The van der Waals surface area contributed by atoms with Crippen LogP contribution in [0.15, 0.2) is 18.2 Å². The van der Waals surface area contributed by atoms with Gasteiger partial charge < -0.3 is 0 Å². The average molecular weight is 275 g/mol. The quantitative estimate of drug-likeness (QED) is 0.491. The van der Waals surface area contributed by atoms with Crippen LogP contribution in [0, 0.1) is 3.57 Å². The Morgan fingerprint density at radius 3 is 3.08 bits per heavy atom. The minimum atomic E-state index is -0.185. The monoisotopic (exact) mass is 275 g/mol. The third-order valence-corrected chi connectivity index (χ3v) is 4.56. The fraction of sp³-hybridized carbons (Fsp3) is 0.400. The Morgan fingerprint density at radius 1 is 1.50 bits per heavy atom. The molecule has 0 aliphatic heterocycles. The first-order valence-corrected chi connectivity index (χ1v) is 7.36. The molecule has 0 spiro atoms. The molecule has 12 heavy (non-hydrogen) atoms. The van der Waals surface area contributed by atoms with Crippen molar-refractivity contribution in [2.45, 2.75) is 18.9 Å². The van der Waals surface area contributed by atoms with Crippen molar-refractivity contribution in [3.8, 4) is 0 Å². The van der Waals surface area contributed by atoms with Crippen molar-refractivity contribution < 1.29 is 26.3 Å². The summed E-state index contributed by atoms with van der Waals surface area (Å²) in [5.74, 6) is 0. The Hall–Kier alpha value is -0.0900. The second-order valence-electron chi connectivity index (χ2n) is 3.05. The van der Waals surface area contributed by atoms with Crippen molar-refractivity contribution in [3.05, 3.63) is 32.9 Å². The molecule has 0 saturated heterocycles. The van der Waals surface area contributed by atoms with Crippen molar-refractivity contribution in [3.63, 3.8) is 0 Å². The summed E-state index contributed by atoms with van der Waals surface area (Å²) >= 11 is 0.174. The number of hydrogen-bond acceptors (Lipinski definition) is 1. The van der Waals surface area contributed by atoms with Gasteiger partial charge in [0.2, 0.25) is 0 Å². The zero-order valence-corrected chi connectivity index (χ0v) is 9.21. The molecule has 1 N–H and O–H groups in total. The number of hydrogen-bond donors (Lipinski definition) is 1. The van der Waals surface area contributed by atoms with Gasteiger partial charge in [0.15, 0.2) is 0 Å². The summed E-state index contributed by atoms with van der Waals surface area (Å²) in [4.78, 5) is 2.28. The second-order valence-corrected chi connectivity index (χ2v) is 5.29. The Morgan fingerprint density at radius 2 is 2.33 bits per heavy atom. The number of rotatable bonds is 1. The molecular formula is C10H12IO-. The van der Waals surface area contributed by atoms with Crippen LogP contribution < -0.4 is 21.2 Å². The van der Waals surface area contributed by atoms with Crippen LogP contribution in [0.5, 0.6) is 0 Å². The third-order valence-electron chi connectivity index (χ3n) is 2.39. The van der Waals surface area contributed by atoms with Crippen molar-refractivity contribution in [1.82, 2.24) is 0 Å². The molecule has 0 fully saturated rings. The van der Waals surface area contributed by atoms with Crippen LogP contribution in [0.4, 0.5) is 0 Å². The van der Waals surface area contributed by atoms with Gasteiger partial charge in [-0.1, -0.05) is 0 Å². The molecule has 1 aliphatic carbocycles. The summed E-state index contributed by atoms with van der Waals surface area (Å²) in [6.07, 6.45) is 1.83. The van der Waals surface area contributed by atoms with Gasteiger partial charge in [0.05, 0.1) is 0 Å². The Bertz CT molecular complexity index is 296. The first-order chi connectivity index (χ1) is 5.83. The van der Waals surface area contributed by atoms with Gasteiger partial charge in [-0.05, 0) is 0 Å². The van der Waals surface area contributed by atoms with Gasteiger partial charge in [-0.3, -0.25) is 0 Å². The van der Waals surface area contributed by atoms with E-state index in [1.807, 2.05) is 0 Å². The molecular weight excluding hydrogens is 263 g/mol. The van der Waals surface area contributed by atoms with Gasteiger partial charge in [-0.25, -0.2) is 0 Å². The molecule has 0 heterocycles. The van der Waals surface area contributed by atoms with Crippen molar-refractivity contribution in [2.75, 3.05) is 4.93 Å². The van der Waals surface area contributed by atoms with Gasteiger partial charge >= 0.3 is 83.1 Å². The van der Waals surface area contributed by atoms with E-state index in [4.69, 9.17) is 0 Å². The molecule has 1 unspecified atom stereocenters. The standard InChI is InChI=1S/C10H12IO/c1-11-9-4-2-3-8-7(9)5-6-10(8)12/h2-4,10,12H,5-6H2,1H3/q-1. The molecule has 1 nitrogen and oxygen atoms in total. The summed E-state index contributed by atoms with van der Waals surface area (Å²) < 4.78 is 1.52. The van der Waals surface area contributed by atoms with Crippen molar-refractivity contribution >= 4 is 0 Å². The summed E-state index contributed by atoms with van der Waals surface area (Å²) in [6.45, 7) is 0. The second kappa shape index (κ2) is 3.34. The van der Waals surface area contributed by atoms with E-state index < -0.39 is 0 Å². The molecule has 2 heteroatoms. The van der Waals surface area contributed by atoms with Crippen molar-refractivity contribution in [2.24, 2.45) is 0 Å². The molecule has 0 aromatic heterocycles. The third kappa shape index (κ3) is 1.27. The number of aliphatic hydroxyl groups excluding tert-OH is 1. The topological polar surface area (TPSA) is 20.2 Å². The summed E-state index contributed by atoms with van der Waals surface area (Å²) in [7, 11) is 0. The summed E-state index contributed by atoms with van der Waals surface area (Å²) in [5.41, 5.74) is 2.63. The van der Waals surface area contributed by atoms with E-state index in [1.54, 1.807) is 0 Å². The van der Waals surface area contributed by atoms with Gasteiger partial charge in [0, 0.05) is 0 Å². The number of halogens is 1. The van der Waals surface area contributed by atoms with Gasteiger partial charge in [0.1, 0.15) is 0 Å². The Labute approximate surface area is 83.1 Å². The van der Waals surface area contributed by atoms with E-state index in [9.17, 15) is 5.11 Å². The SMILES string of the molecule is C[I-]c1cccc2c1CCC2O. The molecule has 1 aromatic rings. The maximum atomic E-state index is 9.61. The van der Waals surface area contributed by atoms with Gasteiger partial charge in [0.25, 0.3) is 0 Å². The molecule has 0 amide bonds. The predicted molar refractivity (Wildman–Crippen MR) is 44.3 cm³/mol. The Kier molecular flexibility index (Phi) is 2.37. The van der Waals surface area contributed by atoms with E-state index in [0.29, 0.717) is 0 Å². The van der Waals surface area contributed by atoms with Crippen LogP contribution >= 0.6 is 0 Å². The molecule has 1 atom stereocenters. The molecule has 0 bridgehead atoms. The van der Waals surface area contributed by atoms with Crippen LogP contribution in [0.3, 0.4) is 0 Å². The maximum absolute atomic E-state index is 9.61. The van der Waals surface area contributed by atoms with Crippen LogP contribution in [-0.4, -0.2) is 10.0 Å². The molecule has 0 saturated carbocycles. The van der Waals surface area contributed by atoms with Crippen LogP contribution in [0.1, 0.15) is 23.7 Å². The molecule has 1 aliphatic rings. The first-order valence-electron chi connectivity index (χ1n) is 4.12. The van der Waals surface area contributed by atoms with E-state index in [-0.39, 0.29) is 27.3 Å². The number of benzene rings is 1. The van der Waals surface area contributed by atoms with Crippen molar-refractivity contribution in [1.29, 1.82) is 0 Å². The van der Waals surface area contributed by atoms with E-state index >= 15 is 0 Å². The zero-order valence-electron chi connectivity index (χ0n) is 7.05. The van der Waals surface area contributed by atoms with Crippen LogP contribution in [0.2, 0.25) is 0 Å². The zero-order chi connectivity index (χ0) is 8.55. The van der Waals surface area contributed by atoms with Crippen LogP contribution in [0.25, 0.3) is 0 Å². The summed E-state index contributed by atoms with van der Waals surface area (Å²) in [6, 6.07) is 6.35. The predicted octanol–water partition coefficient (Wildman–Crippen LogP) is -1.45. The fourth-order valence-corrected chi connectivity index (χ4v) is 3.56. The van der Waals surface area contributed by atoms with E-state index in [1.165, 1.54) is 14.7 Å². The number of alkyl halides is 1. The normalized spacial score (nSPS) is 21.3. The molecule has 66 valence electrons. The first kappa shape index (κ1) is 8.51. The van der Waals surface area contributed by atoms with Crippen LogP contribution in [-0.2, 0) is 6.42 Å². The molecule has 1 aromatic carbocycles. The van der Waals surface area contributed by atoms with E-state index in [0.717, 1.165) is 12.8 Å². The fourth-order valence-electron chi connectivity index (χ4n) is 1.76. The average Bonchev–Trinajstić information content (AvgIpc) is 2.48.